The fourth-order valence-corrected chi connectivity index (χ4v) is 1.87. The molecule has 0 fully saturated rings. The van der Waals surface area contributed by atoms with Gasteiger partial charge in [0.05, 0.1) is 5.56 Å². The number of aromatic carboxylic acids is 1. The van der Waals surface area contributed by atoms with Crippen LogP contribution >= 0.6 is 0 Å². The Morgan fingerprint density at radius 3 is 2.44 bits per heavy atom. The SMILES string of the molecule is CCC(C)/C(=C\Nc1ccc(C(=O)O)cc1)NC(=O)NCCNC=O. The fourth-order valence-electron chi connectivity index (χ4n) is 1.87. The van der Waals surface area contributed by atoms with E-state index in [-0.39, 0.29) is 17.5 Å². The molecule has 1 aromatic carbocycles. The maximum Gasteiger partial charge on any atom is 0.335 e. The van der Waals surface area contributed by atoms with E-state index in [1.807, 2.05) is 13.8 Å². The van der Waals surface area contributed by atoms with E-state index < -0.39 is 5.97 Å². The van der Waals surface area contributed by atoms with E-state index >= 15 is 0 Å². The van der Waals surface area contributed by atoms with Crippen molar-refractivity contribution in [1.29, 1.82) is 0 Å². The highest BCUT2D eigenvalue weighted by Gasteiger charge is 2.10. The molecule has 0 aliphatic carbocycles. The molecule has 0 aliphatic rings. The van der Waals surface area contributed by atoms with Crippen molar-refractivity contribution in [2.45, 2.75) is 20.3 Å². The number of carbonyl (C=O) groups excluding carboxylic acids is 2. The number of benzene rings is 1. The molecule has 0 saturated carbocycles. The van der Waals surface area contributed by atoms with Gasteiger partial charge in [-0.25, -0.2) is 9.59 Å². The molecule has 5 N–H and O–H groups in total. The number of carbonyl (C=O) groups is 3. The van der Waals surface area contributed by atoms with Crippen LogP contribution < -0.4 is 21.3 Å². The number of rotatable bonds is 10. The van der Waals surface area contributed by atoms with Crippen molar-refractivity contribution in [3.63, 3.8) is 0 Å². The lowest BCUT2D eigenvalue weighted by atomic mass is 10.1. The molecule has 0 radical (unpaired) electrons. The van der Waals surface area contributed by atoms with Crippen LogP contribution in [0.1, 0.15) is 30.6 Å². The minimum absolute atomic E-state index is 0.115. The zero-order chi connectivity index (χ0) is 18.7. The largest absolute Gasteiger partial charge is 0.478 e. The Bertz CT molecular complexity index is 614. The number of carboxylic acid groups (broad SMARTS) is 1. The summed E-state index contributed by atoms with van der Waals surface area (Å²) in [5.74, 6) is -0.866. The summed E-state index contributed by atoms with van der Waals surface area (Å²) < 4.78 is 0. The van der Waals surface area contributed by atoms with E-state index in [4.69, 9.17) is 5.11 Å². The average Bonchev–Trinajstić information content (AvgIpc) is 2.61. The Labute approximate surface area is 146 Å². The van der Waals surface area contributed by atoms with Gasteiger partial charge in [0.15, 0.2) is 0 Å². The predicted octanol–water partition coefficient (Wildman–Crippen LogP) is 1.73. The van der Waals surface area contributed by atoms with Crippen molar-refractivity contribution in [2.24, 2.45) is 5.92 Å². The van der Waals surface area contributed by atoms with Gasteiger partial charge in [0, 0.05) is 30.7 Å². The van der Waals surface area contributed by atoms with Crippen molar-refractivity contribution >= 4 is 24.1 Å². The van der Waals surface area contributed by atoms with Gasteiger partial charge in [0.25, 0.3) is 0 Å². The third-order valence-corrected chi connectivity index (χ3v) is 3.57. The van der Waals surface area contributed by atoms with Crippen LogP contribution in [0.4, 0.5) is 10.5 Å². The van der Waals surface area contributed by atoms with Gasteiger partial charge in [-0.15, -0.1) is 0 Å². The van der Waals surface area contributed by atoms with Crippen LogP contribution in [-0.2, 0) is 4.79 Å². The van der Waals surface area contributed by atoms with Crippen molar-refractivity contribution in [1.82, 2.24) is 16.0 Å². The number of allylic oxidation sites excluding steroid dienone is 1. The second-order valence-corrected chi connectivity index (χ2v) is 5.39. The molecule has 1 rings (SSSR count). The van der Waals surface area contributed by atoms with Crippen molar-refractivity contribution in [2.75, 3.05) is 18.4 Å². The van der Waals surface area contributed by atoms with E-state index in [1.54, 1.807) is 18.3 Å². The topological polar surface area (TPSA) is 120 Å². The molecule has 8 nitrogen and oxygen atoms in total. The Morgan fingerprint density at radius 1 is 1.20 bits per heavy atom. The number of carboxylic acids is 1. The Morgan fingerprint density at radius 2 is 1.88 bits per heavy atom. The zero-order valence-electron chi connectivity index (χ0n) is 14.3. The smallest absolute Gasteiger partial charge is 0.335 e. The molecule has 25 heavy (non-hydrogen) atoms. The second kappa shape index (κ2) is 10.7. The maximum absolute atomic E-state index is 11.9. The van der Waals surface area contributed by atoms with Gasteiger partial charge in [0.2, 0.25) is 6.41 Å². The molecule has 0 heterocycles. The summed E-state index contributed by atoms with van der Waals surface area (Å²) in [7, 11) is 0. The van der Waals surface area contributed by atoms with Gasteiger partial charge in [-0.1, -0.05) is 13.8 Å². The van der Waals surface area contributed by atoms with Crippen molar-refractivity contribution in [3.05, 3.63) is 41.7 Å². The van der Waals surface area contributed by atoms with Crippen LogP contribution in [0.15, 0.2) is 36.2 Å². The Hall–Kier alpha value is -3.03. The summed E-state index contributed by atoms with van der Waals surface area (Å²) >= 11 is 0. The molecule has 136 valence electrons. The van der Waals surface area contributed by atoms with E-state index in [0.717, 1.165) is 6.42 Å². The van der Waals surface area contributed by atoms with Gasteiger partial charge in [0.1, 0.15) is 0 Å². The van der Waals surface area contributed by atoms with Gasteiger partial charge in [-0.3, -0.25) is 4.79 Å². The quantitative estimate of drug-likeness (QED) is 0.326. The lowest BCUT2D eigenvalue weighted by Gasteiger charge is -2.17. The lowest BCUT2D eigenvalue weighted by Crippen LogP contribution is -2.39. The standard InChI is InChI=1S/C17H24N4O4/c1-3-12(2)15(21-17(25)19-9-8-18-11-22)10-20-14-6-4-13(5-7-14)16(23)24/h4-7,10-12,20H,3,8-9H2,1-2H3,(H,18,22)(H,23,24)(H2,19,21,25)/b15-10+. The predicted molar refractivity (Wildman–Crippen MR) is 95.2 cm³/mol. The summed E-state index contributed by atoms with van der Waals surface area (Å²) in [5.41, 5.74) is 1.62. The second-order valence-electron chi connectivity index (χ2n) is 5.39. The summed E-state index contributed by atoms with van der Waals surface area (Å²) in [5, 5.41) is 19.8. The zero-order valence-corrected chi connectivity index (χ0v) is 14.3. The molecule has 0 aliphatic heterocycles. The molecule has 0 bridgehead atoms. The number of hydrogen-bond acceptors (Lipinski definition) is 4. The number of anilines is 1. The molecular weight excluding hydrogens is 324 g/mol. The molecule has 3 amide bonds. The van der Waals surface area contributed by atoms with Crippen molar-refractivity contribution < 1.29 is 19.5 Å². The normalized spacial score (nSPS) is 12.0. The van der Waals surface area contributed by atoms with Gasteiger partial charge < -0.3 is 26.4 Å². The summed E-state index contributed by atoms with van der Waals surface area (Å²) in [6.07, 6.45) is 3.09. The minimum atomic E-state index is -0.982. The number of nitrogens with one attached hydrogen (secondary N) is 4. The Balaban J connectivity index is 2.67. The average molecular weight is 348 g/mol. The van der Waals surface area contributed by atoms with Gasteiger partial charge in [-0.05, 0) is 36.6 Å². The third-order valence-electron chi connectivity index (χ3n) is 3.57. The molecule has 0 aromatic heterocycles. The molecule has 1 unspecified atom stereocenters. The maximum atomic E-state index is 11.9. The Kier molecular flexibility index (Phi) is 8.56. The molecular formula is C17H24N4O4. The van der Waals surface area contributed by atoms with E-state index in [2.05, 4.69) is 21.3 Å². The van der Waals surface area contributed by atoms with Crippen LogP contribution in [0.3, 0.4) is 0 Å². The van der Waals surface area contributed by atoms with Crippen LogP contribution in [0.5, 0.6) is 0 Å². The molecule has 1 aromatic rings. The summed E-state index contributed by atoms with van der Waals surface area (Å²) in [4.78, 5) is 32.9. The van der Waals surface area contributed by atoms with E-state index in [9.17, 15) is 14.4 Å². The van der Waals surface area contributed by atoms with Gasteiger partial charge in [-0.2, -0.15) is 0 Å². The van der Waals surface area contributed by atoms with Crippen molar-refractivity contribution in [3.8, 4) is 0 Å². The number of hydrogen-bond donors (Lipinski definition) is 5. The first-order chi connectivity index (χ1) is 12.0. The first-order valence-electron chi connectivity index (χ1n) is 7.99. The molecule has 8 heteroatoms. The number of urea groups is 1. The third kappa shape index (κ3) is 7.38. The first kappa shape index (κ1) is 20.0. The van der Waals surface area contributed by atoms with E-state index in [0.29, 0.717) is 30.9 Å². The van der Waals surface area contributed by atoms with Crippen LogP contribution in [0.25, 0.3) is 0 Å². The highest BCUT2D eigenvalue weighted by molar-refractivity contribution is 5.88. The van der Waals surface area contributed by atoms with Gasteiger partial charge >= 0.3 is 12.0 Å². The highest BCUT2D eigenvalue weighted by Crippen LogP contribution is 2.14. The molecule has 0 spiro atoms. The molecule has 0 saturated heterocycles. The summed E-state index contributed by atoms with van der Waals surface area (Å²) in [6.45, 7) is 4.67. The molecule has 1 atom stereocenters. The monoisotopic (exact) mass is 348 g/mol. The summed E-state index contributed by atoms with van der Waals surface area (Å²) in [6, 6.07) is 5.95. The fraction of sp³-hybridized carbons (Fsp3) is 0.353. The highest BCUT2D eigenvalue weighted by atomic mass is 16.4. The van der Waals surface area contributed by atoms with Crippen LogP contribution in [0, 0.1) is 5.92 Å². The minimum Gasteiger partial charge on any atom is -0.478 e. The van der Waals surface area contributed by atoms with Crippen LogP contribution in [0.2, 0.25) is 0 Å². The van der Waals surface area contributed by atoms with E-state index in [1.165, 1.54) is 12.1 Å². The first-order valence-corrected chi connectivity index (χ1v) is 7.99. The van der Waals surface area contributed by atoms with Crippen LogP contribution in [-0.4, -0.2) is 36.6 Å². The number of amides is 3. The lowest BCUT2D eigenvalue weighted by molar-refractivity contribution is -0.109.